The summed E-state index contributed by atoms with van der Waals surface area (Å²) in [6.07, 6.45) is -0.989. The van der Waals surface area contributed by atoms with E-state index in [2.05, 4.69) is 5.32 Å². The predicted octanol–water partition coefficient (Wildman–Crippen LogP) is 3.41. The summed E-state index contributed by atoms with van der Waals surface area (Å²) in [6.45, 7) is -0.0621. The van der Waals surface area contributed by atoms with E-state index in [9.17, 15) is 18.0 Å². The first-order valence-corrected chi connectivity index (χ1v) is 12.3. The zero-order valence-electron chi connectivity index (χ0n) is 17.4. The molecule has 0 unspecified atom stereocenters. The third kappa shape index (κ3) is 7.35. The fourth-order valence-electron chi connectivity index (χ4n) is 2.82. The molecule has 0 aromatic heterocycles. The number of nitrogens with one attached hydrogen (secondary N) is 2. The van der Waals surface area contributed by atoms with E-state index in [0.717, 1.165) is 15.4 Å². The van der Waals surface area contributed by atoms with Gasteiger partial charge in [-0.25, -0.2) is 18.7 Å². The number of carbonyl (C=O) groups excluding carboxylic acids is 2. The van der Waals surface area contributed by atoms with E-state index >= 15 is 0 Å². The lowest BCUT2D eigenvalue weighted by Crippen LogP contribution is -2.49. The summed E-state index contributed by atoms with van der Waals surface area (Å²) < 4.78 is 30.7. The van der Waals surface area contributed by atoms with Crippen LogP contribution in [-0.4, -0.2) is 37.4 Å². The maximum atomic E-state index is 12.8. The zero-order valence-corrected chi connectivity index (χ0v) is 19.0. The minimum absolute atomic E-state index is 0.0184. The highest BCUT2D eigenvalue weighted by molar-refractivity contribution is 7.99. The topological polar surface area (TPSA) is 122 Å². The van der Waals surface area contributed by atoms with Crippen LogP contribution in [0.15, 0.2) is 99.6 Å². The number of alkyl carbamates (subject to hydrolysis) is 1. The summed E-state index contributed by atoms with van der Waals surface area (Å²) in [5.41, 5.74) is 2.10. The van der Waals surface area contributed by atoms with E-state index in [1.54, 1.807) is 36.4 Å². The highest BCUT2D eigenvalue weighted by atomic mass is 32.2. The molecule has 0 aliphatic carbocycles. The third-order valence-electron chi connectivity index (χ3n) is 4.48. The van der Waals surface area contributed by atoms with Gasteiger partial charge in [0.2, 0.25) is 0 Å². The normalized spacial score (nSPS) is 11.9. The Morgan fingerprint density at radius 1 is 0.879 bits per heavy atom. The van der Waals surface area contributed by atoms with Crippen LogP contribution >= 0.6 is 11.8 Å². The molecule has 0 fully saturated rings. The van der Waals surface area contributed by atoms with Crippen LogP contribution in [0.5, 0.6) is 0 Å². The molecule has 0 spiro atoms. The molecule has 0 bridgehead atoms. The number of rotatable bonds is 9. The van der Waals surface area contributed by atoms with Crippen LogP contribution < -0.4 is 10.8 Å². The molecule has 0 radical (unpaired) electrons. The summed E-state index contributed by atoms with van der Waals surface area (Å²) in [5.74, 6) is -1.84. The van der Waals surface area contributed by atoms with Gasteiger partial charge in [0.15, 0.2) is 9.84 Å². The van der Waals surface area contributed by atoms with Gasteiger partial charge in [0.1, 0.15) is 12.6 Å². The molecule has 0 aliphatic rings. The first kappa shape index (κ1) is 24.3. The Balaban J connectivity index is 1.64. The van der Waals surface area contributed by atoms with Gasteiger partial charge in [-0.05, 0) is 42.0 Å². The largest absolute Gasteiger partial charge is 0.445 e. The second kappa shape index (κ2) is 11.5. The maximum Gasteiger partial charge on any atom is 0.408 e. The van der Waals surface area contributed by atoms with Crippen molar-refractivity contribution in [3.63, 3.8) is 0 Å². The Hall–Kier alpha value is -3.34. The number of carbonyl (C=O) groups is 2. The van der Waals surface area contributed by atoms with Crippen LogP contribution in [0.1, 0.15) is 5.56 Å². The lowest BCUT2D eigenvalue weighted by atomic mass is 10.2. The Morgan fingerprint density at radius 2 is 1.45 bits per heavy atom. The van der Waals surface area contributed by atoms with Crippen LogP contribution in [0, 0.1) is 0 Å². The first-order chi connectivity index (χ1) is 15.9. The van der Waals surface area contributed by atoms with Gasteiger partial charge in [-0.15, -0.1) is 0 Å². The third-order valence-corrected chi connectivity index (χ3v) is 7.26. The van der Waals surface area contributed by atoms with Crippen molar-refractivity contribution < 1.29 is 28.0 Å². The van der Waals surface area contributed by atoms with Crippen molar-refractivity contribution in [1.29, 1.82) is 0 Å². The maximum absolute atomic E-state index is 12.8. The Morgan fingerprint density at radius 3 is 2.06 bits per heavy atom. The summed E-state index contributed by atoms with van der Waals surface area (Å²) >= 11 is 1.48. The van der Waals surface area contributed by atoms with Gasteiger partial charge in [-0.2, -0.15) is 0 Å². The molecule has 3 N–H and O–H groups in total. The van der Waals surface area contributed by atoms with Gasteiger partial charge in [-0.3, -0.25) is 10.0 Å². The molecule has 33 heavy (non-hydrogen) atoms. The average Bonchev–Trinajstić information content (AvgIpc) is 2.83. The number of sulfone groups is 1. The van der Waals surface area contributed by atoms with Crippen molar-refractivity contribution in [2.24, 2.45) is 0 Å². The van der Waals surface area contributed by atoms with E-state index in [1.807, 2.05) is 36.4 Å². The van der Waals surface area contributed by atoms with Crippen LogP contribution in [-0.2, 0) is 26.0 Å². The number of ether oxygens (including phenoxy) is 1. The van der Waals surface area contributed by atoms with E-state index in [-0.39, 0.29) is 11.5 Å². The standard InChI is InChI=1S/C23H22N2O6S2/c26-22(25-28)21(24-23(27)31-15-17-7-3-1-4-8-17)16-33(29,30)20-13-11-19(12-14-20)32-18-9-5-2-6-10-18/h1-14,21,28H,15-16H2,(H,24,27)(H,25,26)/t21-/m1/s1. The predicted molar refractivity (Wildman–Crippen MR) is 123 cm³/mol. The Labute approximate surface area is 195 Å². The molecular weight excluding hydrogens is 464 g/mol. The van der Waals surface area contributed by atoms with Crippen molar-refractivity contribution in [3.8, 4) is 0 Å². The molecule has 0 saturated carbocycles. The molecule has 2 amide bonds. The van der Waals surface area contributed by atoms with E-state index in [1.165, 1.54) is 29.4 Å². The molecule has 3 aromatic carbocycles. The van der Waals surface area contributed by atoms with E-state index in [4.69, 9.17) is 9.94 Å². The molecule has 3 aromatic rings. The van der Waals surface area contributed by atoms with Gasteiger partial charge < -0.3 is 10.1 Å². The highest BCUT2D eigenvalue weighted by Gasteiger charge is 2.29. The molecule has 3 rings (SSSR count). The Kier molecular flexibility index (Phi) is 8.47. The summed E-state index contributed by atoms with van der Waals surface area (Å²) in [4.78, 5) is 25.9. The molecule has 1 atom stereocenters. The molecule has 0 aliphatic heterocycles. The second-order valence-corrected chi connectivity index (χ2v) is 10.1. The molecular formula is C23H22N2O6S2. The minimum Gasteiger partial charge on any atom is -0.445 e. The van der Waals surface area contributed by atoms with Gasteiger partial charge in [0, 0.05) is 9.79 Å². The van der Waals surface area contributed by atoms with Crippen LogP contribution in [0.3, 0.4) is 0 Å². The monoisotopic (exact) mass is 486 g/mol. The summed E-state index contributed by atoms with van der Waals surface area (Å²) in [5, 5.41) is 11.2. The molecule has 10 heteroatoms. The number of hydroxylamine groups is 1. The van der Waals surface area contributed by atoms with E-state index < -0.39 is 33.6 Å². The number of amides is 2. The lowest BCUT2D eigenvalue weighted by Gasteiger charge is -2.17. The number of hydrogen-bond acceptors (Lipinski definition) is 7. The van der Waals surface area contributed by atoms with Crippen molar-refractivity contribution >= 4 is 33.6 Å². The van der Waals surface area contributed by atoms with Gasteiger partial charge in [-0.1, -0.05) is 60.3 Å². The fourth-order valence-corrected chi connectivity index (χ4v) is 5.08. The zero-order chi connectivity index (χ0) is 23.7. The van der Waals surface area contributed by atoms with Crippen molar-refractivity contribution in [2.45, 2.75) is 27.3 Å². The minimum atomic E-state index is -3.97. The van der Waals surface area contributed by atoms with Gasteiger partial charge >= 0.3 is 6.09 Å². The molecule has 0 heterocycles. The van der Waals surface area contributed by atoms with Crippen LogP contribution in [0.2, 0.25) is 0 Å². The quantitative estimate of drug-likeness (QED) is 0.313. The summed E-state index contributed by atoms with van der Waals surface area (Å²) in [7, 11) is -3.97. The smallest absolute Gasteiger partial charge is 0.408 e. The Bertz CT molecular complexity index is 1170. The van der Waals surface area contributed by atoms with Crippen molar-refractivity contribution in [3.05, 3.63) is 90.5 Å². The lowest BCUT2D eigenvalue weighted by molar-refractivity contribution is -0.130. The second-order valence-electron chi connectivity index (χ2n) is 6.90. The molecule has 8 nitrogen and oxygen atoms in total. The van der Waals surface area contributed by atoms with Gasteiger partial charge in [0.05, 0.1) is 10.6 Å². The molecule has 172 valence electrons. The van der Waals surface area contributed by atoms with E-state index in [0.29, 0.717) is 0 Å². The summed E-state index contributed by atoms with van der Waals surface area (Å²) in [6, 6.07) is 23.1. The van der Waals surface area contributed by atoms with Crippen molar-refractivity contribution in [1.82, 2.24) is 10.8 Å². The fraction of sp³-hybridized carbons (Fsp3) is 0.130. The SMILES string of the molecule is O=C(N[C@H](CS(=O)(=O)c1ccc(Sc2ccccc2)cc1)C(=O)NO)OCc1ccccc1. The number of benzene rings is 3. The van der Waals surface area contributed by atoms with Gasteiger partial charge in [0.25, 0.3) is 5.91 Å². The molecule has 0 saturated heterocycles. The van der Waals surface area contributed by atoms with Crippen LogP contribution in [0.4, 0.5) is 4.79 Å². The van der Waals surface area contributed by atoms with Crippen molar-refractivity contribution in [2.75, 3.05) is 5.75 Å². The first-order valence-electron chi connectivity index (χ1n) is 9.84. The average molecular weight is 487 g/mol. The number of hydrogen-bond donors (Lipinski definition) is 3. The van der Waals surface area contributed by atoms with Crippen LogP contribution in [0.25, 0.3) is 0 Å². The highest BCUT2D eigenvalue weighted by Crippen LogP contribution is 2.28.